The van der Waals surface area contributed by atoms with Crippen LogP contribution in [-0.2, 0) is 9.59 Å². The van der Waals surface area contributed by atoms with Crippen molar-refractivity contribution in [2.75, 3.05) is 16.6 Å². The number of carbonyl (C=O) groups is 2. The lowest BCUT2D eigenvalue weighted by atomic mass is 10.5. The lowest BCUT2D eigenvalue weighted by molar-refractivity contribution is -0.136. The molecule has 70 valence electrons. The number of carboxylic acid groups (broad SMARTS) is 2. The fraction of sp³-hybridized carbons (Fsp3) is 0.667. The second-order valence-corrected chi connectivity index (χ2v) is 4.37. The smallest absolute Gasteiger partial charge is 0.313 e. The predicted molar refractivity (Wildman–Crippen MR) is 49.7 cm³/mol. The molecule has 0 rings (SSSR count). The highest BCUT2D eigenvalue weighted by atomic mass is 32.2. The summed E-state index contributed by atoms with van der Waals surface area (Å²) in [6, 6.07) is 0. The number of hydrogen-bond acceptors (Lipinski definition) is 4. The standard InChI is InChI=1S/C6H10O4S2/c7-5(8)1-2-11-4-12-3-6(9)10/h1-4H2,(H,7,8)(H,9,10). The number of thioether (sulfide) groups is 2. The second-order valence-electron chi connectivity index (χ2n) is 1.91. The molecular formula is C6H10O4S2. The van der Waals surface area contributed by atoms with Gasteiger partial charge in [-0.3, -0.25) is 9.59 Å². The van der Waals surface area contributed by atoms with Crippen molar-refractivity contribution >= 4 is 35.5 Å². The molecule has 0 saturated carbocycles. The minimum atomic E-state index is -0.834. The van der Waals surface area contributed by atoms with Gasteiger partial charge in [-0.2, -0.15) is 11.8 Å². The van der Waals surface area contributed by atoms with E-state index in [0.717, 1.165) is 0 Å². The third-order valence-electron chi connectivity index (χ3n) is 0.852. The minimum absolute atomic E-state index is 0.0834. The average molecular weight is 210 g/mol. The Morgan fingerprint density at radius 3 is 2.25 bits per heavy atom. The Bertz CT molecular complexity index is 142. The third-order valence-corrected chi connectivity index (χ3v) is 3.13. The Morgan fingerprint density at radius 2 is 1.75 bits per heavy atom. The summed E-state index contributed by atoms with van der Waals surface area (Å²) in [6.45, 7) is 0. The Hall–Kier alpha value is -0.360. The normalized spacial score (nSPS) is 9.67. The molecule has 2 N–H and O–H groups in total. The Labute approximate surface area is 78.7 Å². The van der Waals surface area contributed by atoms with Crippen LogP contribution < -0.4 is 0 Å². The quantitative estimate of drug-likeness (QED) is 0.482. The molecule has 0 bridgehead atoms. The van der Waals surface area contributed by atoms with Gasteiger partial charge in [-0.15, -0.1) is 11.8 Å². The number of aliphatic carboxylic acids is 2. The van der Waals surface area contributed by atoms with E-state index in [2.05, 4.69) is 0 Å². The predicted octanol–water partition coefficient (Wildman–Crippen LogP) is 0.970. The van der Waals surface area contributed by atoms with E-state index in [1.807, 2.05) is 0 Å². The molecule has 4 nitrogen and oxygen atoms in total. The number of rotatable bonds is 7. The van der Waals surface area contributed by atoms with Gasteiger partial charge in [0.15, 0.2) is 0 Å². The van der Waals surface area contributed by atoms with Crippen molar-refractivity contribution in [3.05, 3.63) is 0 Å². The Balaban J connectivity index is 3.01. The average Bonchev–Trinajstić information content (AvgIpc) is 1.95. The van der Waals surface area contributed by atoms with Crippen LogP contribution in [0.25, 0.3) is 0 Å². The van der Waals surface area contributed by atoms with Crippen LogP contribution in [0, 0.1) is 0 Å². The highest BCUT2D eigenvalue weighted by Gasteiger charge is 1.98. The van der Waals surface area contributed by atoms with Crippen LogP contribution in [0.15, 0.2) is 0 Å². The van der Waals surface area contributed by atoms with Gasteiger partial charge in [0, 0.05) is 10.8 Å². The van der Waals surface area contributed by atoms with E-state index in [9.17, 15) is 9.59 Å². The van der Waals surface area contributed by atoms with Gasteiger partial charge in [0.2, 0.25) is 0 Å². The monoisotopic (exact) mass is 210 g/mol. The Morgan fingerprint density at radius 1 is 1.08 bits per heavy atom. The van der Waals surface area contributed by atoms with Gasteiger partial charge >= 0.3 is 11.9 Å². The molecule has 0 spiro atoms. The summed E-state index contributed by atoms with van der Waals surface area (Å²) in [5.74, 6) is -1.02. The van der Waals surface area contributed by atoms with Gasteiger partial charge in [0.1, 0.15) is 0 Å². The molecular weight excluding hydrogens is 200 g/mol. The molecule has 0 aliphatic rings. The van der Waals surface area contributed by atoms with Crippen molar-refractivity contribution in [3.63, 3.8) is 0 Å². The van der Waals surface area contributed by atoms with Crippen LogP contribution in [0.3, 0.4) is 0 Å². The van der Waals surface area contributed by atoms with Gasteiger partial charge in [0.05, 0.1) is 12.2 Å². The molecule has 0 heterocycles. The van der Waals surface area contributed by atoms with E-state index >= 15 is 0 Å². The van der Waals surface area contributed by atoms with Gasteiger partial charge in [-0.05, 0) is 0 Å². The maximum Gasteiger partial charge on any atom is 0.313 e. The Kier molecular flexibility index (Phi) is 7.08. The van der Waals surface area contributed by atoms with Crippen LogP contribution in [0.5, 0.6) is 0 Å². The highest BCUT2D eigenvalue weighted by Crippen LogP contribution is 2.12. The molecule has 0 atom stereocenters. The van der Waals surface area contributed by atoms with E-state index in [1.165, 1.54) is 23.5 Å². The van der Waals surface area contributed by atoms with E-state index in [1.54, 1.807) is 0 Å². The maximum absolute atomic E-state index is 10.0. The first-order valence-corrected chi connectivity index (χ1v) is 5.53. The van der Waals surface area contributed by atoms with Crippen molar-refractivity contribution in [3.8, 4) is 0 Å². The molecule has 0 aliphatic heterocycles. The molecule has 0 amide bonds. The van der Waals surface area contributed by atoms with Crippen LogP contribution in [0.1, 0.15) is 6.42 Å². The summed E-state index contributed by atoms with van der Waals surface area (Å²) in [5, 5.41) is 17.1. The fourth-order valence-corrected chi connectivity index (χ4v) is 2.18. The zero-order chi connectivity index (χ0) is 9.40. The largest absolute Gasteiger partial charge is 0.481 e. The first-order chi connectivity index (χ1) is 5.63. The molecule has 12 heavy (non-hydrogen) atoms. The van der Waals surface area contributed by atoms with Gasteiger partial charge in [0.25, 0.3) is 0 Å². The number of hydrogen-bond donors (Lipinski definition) is 2. The molecule has 0 unspecified atom stereocenters. The zero-order valence-electron chi connectivity index (χ0n) is 6.36. The lowest BCUT2D eigenvalue weighted by Gasteiger charge is -1.96. The van der Waals surface area contributed by atoms with Gasteiger partial charge in [-0.1, -0.05) is 0 Å². The zero-order valence-corrected chi connectivity index (χ0v) is 7.99. The molecule has 0 fully saturated rings. The molecule has 0 aromatic carbocycles. The molecule has 0 saturated heterocycles. The fourth-order valence-electron chi connectivity index (χ4n) is 0.406. The minimum Gasteiger partial charge on any atom is -0.481 e. The summed E-state index contributed by atoms with van der Waals surface area (Å²) in [6.07, 6.45) is 0.137. The van der Waals surface area contributed by atoms with Crippen molar-refractivity contribution in [1.82, 2.24) is 0 Å². The van der Waals surface area contributed by atoms with Gasteiger partial charge in [-0.25, -0.2) is 0 Å². The highest BCUT2D eigenvalue weighted by molar-refractivity contribution is 8.16. The van der Waals surface area contributed by atoms with Crippen molar-refractivity contribution < 1.29 is 19.8 Å². The lowest BCUT2D eigenvalue weighted by Crippen LogP contribution is -1.99. The summed E-state index contributed by atoms with van der Waals surface area (Å²) in [7, 11) is 0. The van der Waals surface area contributed by atoms with Crippen LogP contribution in [0.2, 0.25) is 0 Å². The topological polar surface area (TPSA) is 74.6 Å². The molecule has 0 radical (unpaired) electrons. The molecule has 0 aliphatic carbocycles. The summed E-state index contributed by atoms with van der Waals surface area (Å²) >= 11 is 2.73. The van der Waals surface area contributed by atoms with Crippen LogP contribution >= 0.6 is 23.5 Å². The van der Waals surface area contributed by atoms with Crippen LogP contribution in [-0.4, -0.2) is 38.7 Å². The van der Waals surface area contributed by atoms with Crippen molar-refractivity contribution in [2.24, 2.45) is 0 Å². The van der Waals surface area contributed by atoms with E-state index in [0.29, 0.717) is 10.8 Å². The molecule has 0 aromatic rings. The van der Waals surface area contributed by atoms with E-state index in [4.69, 9.17) is 10.2 Å². The molecule has 0 aromatic heterocycles. The summed E-state index contributed by atoms with van der Waals surface area (Å²) < 4.78 is 0. The maximum atomic E-state index is 10.0. The summed E-state index contributed by atoms with van der Waals surface area (Å²) in [5.41, 5.74) is 0. The summed E-state index contributed by atoms with van der Waals surface area (Å²) in [4.78, 5) is 20.0. The van der Waals surface area contributed by atoms with Crippen molar-refractivity contribution in [2.45, 2.75) is 6.42 Å². The molecule has 6 heteroatoms. The van der Waals surface area contributed by atoms with E-state index in [-0.39, 0.29) is 12.2 Å². The van der Waals surface area contributed by atoms with Gasteiger partial charge < -0.3 is 10.2 Å². The second kappa shape index (κ2) is 7.30. The van der Waals surface area contributed by atoms with E-state index < -0.39 is 11.9 Å². The first-order valence-electron chi connectivity index (χ1n) is 3.22. The van der Waals surface area contributed by atoms with Crippen molar-refractivity contribution in [1.29, 1.82) is 0 Å². The van der Waals surface area contributed by atoms with Crippen LogP contribution in [0.4, 0.5) is 0 Å². The SMILES string of the molecule is O=C(O)CCSCSCC(=O)O. The third kappa shape index (κ3) is 9.64. The number of carboxylic acids is 2. The first kappa shape index (κ1) is 11.6.